The van der Waals surface area contributed by atoms with Crippen LogP contribution in [-0.2, 0) is 34.3 Å². The Morgan fingerprint density at radius 3 is 2.13 bits per heavy atom. The maximum atomic E-state index is 14.0. The van der Waals surface area contributed by atoms with Crippen LogP contribution >= 0.6 is 0 Å². The van der Waals surface area contributed by atoms with Crippen LogP contribution in [0, 0.1) is 6.92 Å². The lowest BCUT2D eigenvalue weighted by molar-refractivity contribution is -0.121. The Bertz CT molecular complexity index is 1650. The highest BCUT2D eigenvalue weighted by atomic mass is 32.2. The Labute approximate surface area is 222 Å². The van der Waals surface area contributed by atoms with E-state index in [4.69, 9.17) is 0 Å². The fourth-order valence-electron chi connectivity index (χ4n) is 5.20. The van der Waals surface area contributed by atoms with Crippen LogP contribution in [-0.4, -0.2) is 30.5 Å². The predicted octanol–water partition coefficient (Wildman–Crippen LogP) is 5.10. The van der Waals surface area contributed by atoms with Gasteiger partial charge in [0, 0.05) is 17.8 Å². The molecule has 6 rings (SSSR count). The largest absolute Gasteiger partial charge is 0.321 e. The van der Waals surface area contributed by atoms with Crippen molar-refractivity contribution in [3.63, 3.8) is 0 Å². The van der Waals surface area contributed by atoms with E-state index in [-0.39, 0.29) is 17.9 Å². The molecule has 0 N–H and O–H groups in total. The summed E-state index contributed by atoms with van der Waals surface area (Å²) in [5.74, 6) is 0.0752. The third-order valence-electron chi connectivity index (χ3n) is 7.24. The molecule has 0 fully saturated rings. The van der Waals surface area contributed by atoms with Crippen LogP contribution in [0.15, 0.2) is 113 Å². The molecule has 190 valence electrons. The van der Waals surface area contributed by atoms with Crippen molar-refractivity contribution in [2.75, 3.05) is 4.90 Å². The fourth-order valence-corrected chi connectivity index (χ4v) is 6.76. The zero-order chi connectivity index (χ0) is 26.3. The van der Waals surface area contributed by atoms with Crippen LogP contribution in [0.2, 0.25) is 0 Å². The Morgan fingerprint density at radius 2 is 1.39 bits per heavy atom. The van der Waals surface area contributed by atoms with Crippen molar-refractivity contribution in [3.05, 3.63) is 131 Å². The van der Waals surface area contributed by atoms with Gasteiger partial charge in [-0.3, -0.25) is 4.79 Å². The second-order valence-corrected chi connectivity index (χ2v) is 11.6. The lowest BCUT2D eigenvalue weighted by Crippen LogP contribution is -2.48. The van der Waals surface area contributed by atoms with E-state index in [0.717, 1.165) is 33.5 Å². The molecule has 0 aromatic heterocycles. The van der Waals surface area contributed by atoms with Crippen LogP contribution in [0.25, 0.3) is 0 Å². The van der Waals surface area contributed by atoms with Gasteiger partial charge in [-0.25, -0.2) is 8.42 Å². The van der Waals surface area contributed by atoms with Gasteiger partial charge in [0.1, 0.15) is 11.9 Å². The van der Waals surface area contributed by atoms with Gasteiger partial charge in [0.25, 0.3) is 5.91 Å². The third kappa shape index (κ3) is 4.34. The lowest BCUT2D eigenvalue weighted by Gasteiger charge is -2.34. The van der Waals surface area contributed by atoms with Gasteiger partial charge in [0.15, 0.2) is 0 Å². The van der Waals surface area contributed by atoms with E-state index in [1.165, 1.54) is 4.31 Å². The predicted molar refractivity (Wildman–Crippen MR) is 148 cm³/mol. The minimum atomic E-state index is -3.95. The van der Waals surface area contributed by atoms with Crippen molar-refractivity contribution in [2.45, 2.75) is 37.4 Å². The molecule has 7 heteroatoms. The number of carbonyl (C=O) groups is 1. The van der Waals surface area contributed by atoms with Crippen LogP contribution in [0.4, 0.5) is 5.69 Å². The molecule has 6 nitrogen and oxygen atoms in total. The Hall–Kier alpha value is -4.07. The van der Waals surface area contributed by atoms with E-state index in [0.29, 0.717) is 12.4 Å². The average molecular weight is 522 g/mol. The molecular weight excluding hydrogens is 494 g/mol. The summed E-state index contributed by atoms with van der Waals surface area (Å²) in [6.45, 7) is 2.62. The molecule has 0 bridgehead atoms. The summed E-state index contributed by atoms with van der Waals surface area (Å²) in [5.41, 5.74) is 5.71. The van der Waals surface area contributed by atoms with Gasteiger partial charge in [0.2, 0.25) is 10.0 Å². The highest BCUT2D eigenvalue weighted by molar-refractivity contribution is 7.89. The molecule has 2 aliphatic heterocycles. The summed E-state index contributed by atoms with van der Waals surface area (Å²) in [6.07, 6.45) is 0.268. The first kappa shape index (κ1) is 24.3. The number of carbonyl (C=O) groups excluding carboxylic acids is 1. The van der Waals surface area contributed by atoms with Gasteiger partial charge in [0.05, 0.1) is 11.4 Å². The topological polar surface area (TPSA) is 70.0 Å². The van der Waals surface area contributed by atoms with Crippen LogP contribution in [0.1, 0.15) is 27.8 Å². The summed E-state index contributed by atoms with van der Waals surface area (Å²) >= 11 is 0. The van der Waals surface area contributed by atoms with E-state index in [9.17, 15) is 13.2 Å². The maximum absolute atomic E-state index is 14.0. The van der Waals surface area contributed by atoms with Crippen molar-refractivity contribution in [1.29, 1.82) is 0 Å². The molecule has 4 aromatic carbocycles. The summed E-state index contributed by atoms with van der Waals surface area (Å²) in [6, 6.07) is 31.2. The standard InChI is InChI=1S/C31H27N3O3S/c1-22-15-17-27(18-16-22)38(36,37)34-21-24-10-6-5-9-23(24)19-29(34)31(35)32-30-28-14-8-7-11-25(28)20-33(30)26-12-3-2-4-13-26/h2-18,29H,19-21H2,1H3/t29-/m1/s1. The SMILES string of the molecule is Cc1ccc(S(=O)(=O)N2Cc3ccccc3C[C@@H]2C(=O)N=C2c3ccccc3CN2c2ccccc2)cc1. The minimum absolute atomic E-state index is 0.118. The lowest BCUT2D eigenvalue weighted by atomic mass is 9.95. The number of fused-ring (bicyclic) bond motifs is 2. The van der Waals surface area contributed by atoms with Crippen LogP contribution < -0.4 is 4.90 Å². The quantitative estimate of drug-likeness (QED) is 0.375. The summed E-state index contributed by atoms with van der Waals surface area (Å²) in [5, 5.41) is 0. The molecule has 2 heterocycles. The van der Waals surface area contributed by atoms with Gasteiger partial charge < -0.3 is 4.90 Å². The number of benzene rings is 4. The highest BCUT2D eigenvalue weighted by Crippen LogP contribution is 2.32. The smallest absolute Gasteiger partial charge is 0.266 e. The zero-order valence-electron chi connectivity index (χ0n) is 21.0. The third-order valence-corrected chi connectivity index (χ3v) is 9.11. The normalized spacial score (nSPS) is 18.3. The second kappa shape index (κ2) is 9.67. The number of hydrogen-bond donors (Lipinski definition) is 0. The Kier molecular flexibility index (Phi) is 6.18. The first-order valence-corrected chi connectivity index (χ1v) is 14.0. The molecule has 2 aliphatic rings. The molecular formula is C31H27N3O3S. The number of amidine groups is 1. The zero-order valence-corrected chi connectivity index (χ0v) is 21.8. The van der Waals surface area contributed by atoms with E-state index in [2.05, 4.69) is 4.99 Å². The molecule has 38 heavy (non-hydrogen) atoms. The summed E-state index contributed by atoms with van der Waals surface area (Å²) in [7, 11) is -3.95. The first-order chi connectivity index (χ1) is 18.4. The Balaban J connectivity index is 1.44. The number of aliphatic imine (C=N–C) groups is 1. The molecule has 1 amide bonds. The molecule has 0 saturated carbocycles. The van der Waals surface area contributed by atoms with E-state index >= 15 is 0 Å². The van der Waals surface area contributed by atoms with Gasteiger partial charge in [-0.2, -0.15) is 9.30 Å². The molecule has 4 aromatic rings. The molecule has 0 aliphatic carbocycles. The highest BCUT2D eigenvalue weighted by Gasteiger charge is 2.40. The monoisotopic (exact) mass is 521 g/mol. The number of nitrogens with zero attached hydrogens (tertiary/aromatic N) is 3. The van der Waals surface area contributed by atoms with Gasteiger partial charge >= 0.3 is 0 Å². The number of rotatable bonds is 4. The van der Waals surface area contributed by atoms with Crippen molar-refractivity contribution < 1.29 is 13.2 Å². The molecule has 1 atom stereocenters. The molecule has 0 saturated heterocycles. The number of amides is 1. The number of aryl methyl sites for hydroxylation is 1. The van der Waals surface area contributed by atoms with Crippen LogP contribution in [0.3, 0.4) is 0 Å². The summed E-state index contributed by atoms with van der Waals surface area (Å²) in [4.78, 5) is 20.8. The van der Waals surface area contributed by atoms with E-state index in [1.54, 1.807) is 24.3 Å². The maximum Gasteiger partial charge on any atom is 0.266 e. The summed E-state index contributed by atoms with van der Waals surface area (Å²) < 4.78 is 29.0. The van der Waals surface area contributed by atoms with E-state index < -0.39 is 22.0 Å². The van der Waals surface area contributed by atoms with Gasteiger partial charge in [-0.05, 0) is 54.3 Å². The van der Waals surface area contributed by atoms with E-state index in [1.807, 2.05) is 90.7 Å². The average Bonchev–Trinajstić information content (AvgIpc) is 3.31. The molecule has 0 unspecified atom stereocenters. The van der Waals surface area contributed by atoms with Crippen molar-refractivity contribution in [1.82, 2.24) is 4.31 Å². The van der Waals surface area contributed by atoms with Gasteiger partial charge in [-0.1, -0.05) is 84.4 Å². The fraction of sp³-hybridized carbons (Fsp3) is 0.161. The van der Waals surface area contributed by atoms with Crippen molar-refractivity contribution in [3.8, 4) is 0 Å². The number of para-hydroxylation sites is 1. The van der Waals surface area contributed by atoms with Crippen molar-refractivity contribution in [2.24, 2.45) is 4.99 Å². The number of anilines is 1. The molecule has 0 radical (unpaired) electrons. The number of hydrogen-bond acceptors (Lipinski definition) is 3. The second-order valence-electron chi connectivity index (χ2n) is 9.70. The van der Waals surface area contributed by atoms with Crippen molar-refractivity contribution >= 4 is 27.5 Å². The van der Waals surface area contributed by atoms with Crippen LogP contribution in [0.5, 0.6) is 0 Å². The Morgan fingerprint density at radius 1 is 0.763 bits per heavy atom. The number of sulfonamides is 1. The first-order valence-electron chi connectivity index (χ1n) is 12.6. The van der Waals surface area contributed by atoms with Gasteiger partial charge in [-0.15, -0.1) is 0 Å². The minimum Gasteiger partial charge on any atom is -0.321 e. The molecule has 0 spiro atoms.